The molecule has 4 rings (SSSR count). The van der Waals surface area contributed by atoms with Crippen LogP contribution in [-0.4, -0.2) is 97.9 Å². The Bertz CT molecular complexity index is 1310. The maximum atomic E-state index is 13.7. The highest BCUT2D eigenvalue weighted by atomic mass is 16.2. The number of pyridine rings is 1. The van der Waals surface area contributed by atoms with Crippen LogP contribution >= 0.6 is 0 Å². The van der Waals surface area contributed by atoms with E-state index in [1.165, 1.54) is 0 Å². The van der Waals surface area contributed by atoms with E-state index in [-0.39, 0.29) is 48.4 Å². The number of nitrogens with zero attached hydrogens (tertiary/aromatic N) is 6. The van der Waals surface area contributed by atoms with Crippen LogP contribution < -0.4 is 5.32 Å². The summed E-state index contributed by atoms with van der Waals surface area (Å²) in [5.74, 6) is -0.0146. The van der Waals surface area contributed by atoms with E-state index >= 15 is 0 Å². The van der Waals surface area contributed by atoms with Crippen molar-refractivity contribution in [2.45, 2.75) is 91.1 Å². The van der Waals surface area contributed by atoms with E-state index in [4.69, 9.17) is 0 Å². The van der Waals surface area contributed by atoms with Crippen molar-refractivity contribution in [3.8, 4) is 0 Å². The number of rotatable bonds is 7. The van der Waals surface area contributed by atoms with Gasteiger partial charge in [-0.1, -0.05) is 19.9 Å². The second-order valence-electron chi connectivity index (χ2n) is 12.7. The number of amides is 4. The SMILES string of the molecule is Cc1nn(C)c(C)c1CCC(=O)N1C[C@@H]2C[C@H]1C(=O)NCCCCN(C(=O)Cc1cccnc1)CCCN2C(=O)CC(C)C. The van der Waals surface area contributed by atoms with E-state index < -0.39 is 6.04 Å². The van der Waals surface area contributed by atoms with E-state index in [2.05, 4.69) is 15.4 Å². The zero-order valence-corrected chi connectivity index (χ0v) is 27.1. The normalized spacial score (nSPS) is 20.0. The van der Waals surface area contributed by atoms with Crippen molar-refractivity contribution in [3.05, 3.63) is 47.0 Å². The molecule has 2 aromatic heterocycles. The third-order valence-corrected chi connectivity index (χ3v) is 8.91. The lowest BCUT2D eigenvalue weighted by molar-refractivity contribution is -0.138. The van der Waals surface area contributed by atoms with E-state index in [0.717, 1.165) is 35.4 Å². The van der Waals surface area contributed by atoms with Crippen molar-refractivity contribution in [2.75, 3.05) is 32.7 Å². The molecule has 0 aromatic carbocycles. The predicted octanol–water partition coefficient (Wildman–Crippen LogP) is 2.58. The van der Waals surface area contributed by atoms with Crippen LogP contribution in [0.5, 0.6) is 0 Å². The molecule has 44 heavy (non-hydrogen) atoms. The van der Waals surface area contributed by atoms with E-state index in [1.54, 1.807) is 17.3 Å². The molecule has 0 aliphatic carbocycles. The highest BCUT2D eigenvalue weighted by Crippen LogP contribution is 2.26. The van der Waals surface area contributed by atoms with Gasteiger partial charge in [0, 0.05) is 70.7 Å². The molecule has 2 aliphatic heterocycles. The van der Waals surface area contributed by atoms with Gasteiger partial charge >= 0.3 is 0 Å². The molecule has 0 unspecified atom stereocenters. The molecule has 2 aromatic rings. The third kappa shape index (κ3) is 8.45. The fraction of sp³-hybridized carbons (Fsp3) is 0.636. The van der Waals surface area contributed by atoms with Crippen molar-refractivity contribution in [1.29, 1.82) is 0 Å². The quantitative estimate of drug-likeness (QED) is 0.517. The fourth-order valence-electron chi connectivity index (χ4n) is 6.44. The van der Waals surface area contributed by atoms with Gasteiger partial charge in [0.15, 0.2) is 0 Å². The molecule has 0 saturated carbocycles. The van der Waals surface area contributed by atoms with Crippen LogP contribution in [-0.2, 0) is 39.1 Å². The van der Waals surface area contributed by atoms with Crippen molar-refractivity contribution in [3.63, 3.8) is 0 Å². The number of fused-ring (bicyclic) bond motifs is 2. The number of aryl methyl sites for hydroxylation is 2. The Morgan fingerprint density at radius 1 is 1.02 bits per heavy atom. The summed E-state index contributed by atoms with van der Waals surface area (Å²) in [6, 6.07) is 2.86. The molecule has 2 aliphatic rings. The Balaban J connectivity index is 1.51. The number of nitrogens with one attached hydrogen (secondary N) is 1. The third-order valence-electron chi connectivity index (χ3n) is 8.91. The summed E-state index contributed by atoms with van der Waals surface area (Å²) in [4.78, 5) is 63.6. The molecule has 11 nitrogen and oxygen atoms in total. The molecule has 240 valence electrons. The summed E-state index contributed by atoms with van der Waals surface area (Å²) in [6.07, 6.45) is 7.42. The lowest BCUT2D eigenvalue weighted by Gasteiger charge is -2.31. The highest BCUT2D eigenvalue weighted by Gasteiger charge is 2.42. The van der Waals surface area contributed by atoms with Crippen LogP contribution in [0.15, 0.2) is 24.5 Å². The Kier molecular flexibility index (Phi) is 11.5. The Morgan fingerprint density at radius 2 is 1.80 bits per heavy atom. The minimum atomic E-state index is -0.613. The highest BCUT2D eigenvalue weighted by molar-refractivity contribution is 5.89. The van der Waals surface area contributed by atoms with Gasteiger partial charge in [-0.2, -0.15) is 5.10 Å². The average molecular weight is 608 g/mol. The van der Waals surface area contributed by atoms with Gasteiger partial charge < -0.3 is 20.0 Å². The maximum absolute atomic E-state index is 13.7. The van der Waals surface area contributed by atoms with Crippen LogP contribution in [0.2, 0.25) is 0 Å². The lowest BCUT2D eigenvalue weighted by atomic mass is 10.1. The minimum Gasteiger partial charge on any atom is -0.354 e. The minimum absolute atomic E-state index is 0.0281. The largest absolute Gasteiger partial charge is 0.354 e. The smallest absolute Gasteiger partial charge is 0.242 e. The first-order valence-corrected chi connectivity index (χ1v) is 16.1. The molecule has 11 heteroatoms. The first-order valence-electron chi connectivity index (χ1n) is 16.1. The van der Waals surface area contributed by atoms with Crippen molar-refractivity contribution in [1.82, 2.24) is 34.8 Å². The fourth-order valence-corrected chi connectivity index (χ4v) is 6.44. The first-order chi connectivity index (χ1) is 21.0. The average Bonchev–Trinajstić information content (AvgIpc) is 3.52. The molecule has 1 N–H and O–H groups in total. The molecule has 2 fully saturated rings. The van der Waals surface area contributed by atoms with Crippen LogP contribution in [0.4, 0.5) is 0 Å². The Labute approximate surface area is 261 Å². The Morgan fingerprint density at radius 3 is 2.48 bits per heavy atom. The lowest BCUT2D eigenvalue weighted by Crippen LogP contribution is -2.46. The molecular weight excluding hydrogens is 558 g/mol. The predicted molar refractivity (Wildman–Crippen MR) is 167 cm³/mol. The molecule has 2 atom stereocenters. The first kappa shape index (κ1) is 33.1. The van der Waals surface area contributed by atoms with Gasteiger partial charge in [0.05, 0.1) is 18.2 Å². The van der Waals surface area contributed by atoms with E-state index in [9.17, 15) is 19.2 Å². The van der Waals surface area contributed by atoms with Gasteiger partial charge in [-0.05, 0) is 69.1 Å². The number of carbonyl (C=O) groups is 4. The molecule has 2 bridgehead atoms. The summed E-state index contributed by atoms with van der Waals surface area (Å²) >= 11 is 0. The van der Waals surface area contributed by atoms with Crippen molar-refractivity contribution >= 4 is 23.6 Å². The summed E-state index contributed by atoms with van der Waals surface area (Å²) < 4.78 is 1.83. The molecule has 4 heterocycles. The van der Waals surface area contributed by atoms with Gasteiger partial charge in [0.1, 0.15) is 6.04 Å². The summed E-state index contributed by atoms with van der Waals surface area (Å²) in [6.45, 7) is 10.4. The number of hydrogen-bond acceptors (Lipinski definition) is 6. The standard InChI is InChI=1S/C33H49N7O4/c1-23(2)18-32(43)39-17-9-16-38(31(42)19-26-10-8-13-34-21-26)15-7-6-14-35-33(44)29-20-27(39)22-40(29)30(41)12-11-28-24(3)36-37(5)25(28)4/h8,10,13,21,23,27,29H,6-7,9,11-12,14-20,22H2,1-5H3,(H,35,44)/t27-,29-/m0/s1. The summed E-state index contributed by atoms with van der Waals surface area (Å²) in [5, 5.41) is 7.52. The van der Waals surface area contributed by atoms with E-state index in [0.29, 0.717) is 58.4 Å². The van der Waals surface area contributed by atoms with Gasteiger partial charge in [-0.15, -0.1) is 0 Å². The number of hydrogen-bond donors (Lipinski definition) is 1. The topological polar surface area (TPSA) is 121 Å². The molecule has 2 saturated heterocycles. The van der Waals surface area contributed by atoms with E-state index in [1.807, 2.05) is 61.4 Å². The molecule has 0 radical (unpaired) electrons. The van der Waals surface area contributed by atoms with Gasteiger partial charge in [0.25, 0.3) is 0 Å². The molecule has 0 spiro atoms. The zero-order chi connectivity index (χ0) is 31.8. The van der Waals surface area contributed by atoms with Gasteiger partial charge in [0.2, 0.25) is 23.6 Å². The van der Waals surface area contributed by atoms with Crippen LogP contribution in [0.3, 0.4) is 0 Å². The molecular formula is C33H49N7O4. The van der Waals surface area contributed by atoms with Gasteiger partial charge in [-0.25, -0.2) is 0 Å². The van der Waals surface area contributed by atoms with Crippen LogP contribution in [0, 0.1) is 19.8 Å². The second kappa shape index (κ2) is 15.3. The number of likely N-dealkylation sites (tertiary alicyclic amines) is 1. The summed E-state index contributed by atoms with van der Waals surface area (Å²) in [5.41, 5.74) is 3.88. The Hall–Kier alpha value is -3.76. The summed E-state index contributed by atoms with van der Waals surface area (Å²) in [7, 11) is 1.90. The monoisotopic (exact) mass is 607 g/mol. The van der Waals surface area contributed by atoms with Crippen molar-refractivity contribution in [2.24, 2.45) is 13.0 Å². The van der Waals surface area contributed by atoms with Crippen molar-refractivity contribution < 1.29 is 19.2 Å². The number of carbonyl (C=O) groups excluding carboxylic acids is 4. The van der Waals surface area contributed by atoms with Crippen LogP contribution in [0.1, 0.15) is 74.9 Å². The zero-order valence-electron chi connectivity index (χ0n) is 27.1. The van der Waals surface area contributed by atoms with Crippen LogP contribution in [0.25, 0.3) is 0 Å². The maximum Gasteiger partial charge on any atom is 0.242 e. The number of aromatic nitrogens is 3. The van der Waals surface area contributed by atoms with Gasteiger partial charge in [-0.3, -0.25) is 28.8 Å². The second-order valence-corrected chi connectivity index (χ2v) is 12.7. The molecule has 4 amide bonds.